The maximum atomic E-state index is 4.52. The average molecular weight is 414 g/mol. The van der Waals surface area contributed by atoms with E-state index in [1.165, 1.54) is 22.4 Å². The predicted molar refractivity (Wildman–Crippen MR) is 139 cm³/mol. The molecule has 0 aliphatic rings. The first-order valence-electron chi connectivity index (χ1n) is 10.5. The molecule has 0 spiro atoms. The highest BCUT2D eigenvalue weighted by molar-refractivity contribution is 5.37. The molecule has 172 valence electrons. The van der Waals surface area contributed by atoms with Gasteiger partial charge in [0.25, 0.3) is 0 Å². The molecule has 0 aliphatic carbocycles. The van der Waals surface area contributed by atoms with E-state index in [4.69, 9.17) is 0 Å². The van der Waals surface area contributed by atoms with E-state index in [1.54, 1.807) is 0 Å². The molecule has 1 heteroatoms. The Kier molecular flexibility index (Phi) is 10.8. The molecule has 1 heterocycles. The number of rotatable bonds is 0. The number of pyridine rings is 1. The van der Waals surface area contributed by atoms with Crippen molar-refractivity contribution in [3.63, 3.8) is 0 Å². The van der Waals surface area contributed by atoms with E-state index in [2.05, 4.69) is 118 Å². The summed E-state index contributed by atoms with van der Waals surface area (Å²) in [6.45, 7) is 27.0. The van der Waals surface area contributed by atoms with Crippen LogP contribution in [-0.4, -0.2) is 4.98 Å². The maximum absolute atomic E-state index is 4.52. The maximum Gasteiger partial charge on any atom is 0.0494 e. The third-order valence-electron chi connectivity index (χ3n) is 4.87. The smallest absolute Gasteiger partial charge is 0.0494 e. The van der Waals surface area contributed by atoms with Gasteiger partial charge in [-0.3, -0.25) is 4.98 Å². The Balaban J connectivity index is 0. The van der Waals surface area contributed by atoms with Gasteiger partial charge in [-0.15, -0.1) is 0 Å². The highest BCUT2D eigenvalue weighted by Crippen LogP contribution is 2.33. The summed E-state index contributed by atoms with van der Waals surface area (Å²) in [4.78, 5) is 4.52. The van der Waals surface area contributed by atoms with Crippen LogP contribution in [0.3, 0.4) is 0 Å². The minimum Gasteiger partial charge on any atom is -0.260 e. The molecular formula is C29H51N. The lowest BCUT2D eigenvalue weighted by Gasteiger charge is -2.29. The lowest BCUT2D eigenvalue weighted by Crippen LogP contribution is -2.23. The van der Waals surface area contributed by atoms with Crippen LogP contribution in [0.15, 0.2) is 42.6 Å². The minimum atomic E-state index is 0. The molecule has 0 radical (unpaired) electrons. The molecular weight excluding hydrogens is 362 g/mol. The van der Waals surface area contributed by atoms with E-state index in [0.29, 0.717) is 0 Å². The predicted octanol–water partition coefficient (Wildman–Crippen LogP) is 9.23. The van der Waals surface area contributed by atoms with Crippen molar-refractivity contribution in [1.82, 2.24) is 4.98 Å². The van der Waals surface area contributed by atoms with Crippen molar-refractivity contribution < 1.29 is 0 Å². The summed E-state index contributed by atoms with van der Waals surface area (Å²) in [5.41, 5.74) is 6.29. The first kappa shape index (κ1) is 30.6. The molecule has 1 aromatic carbocycles. The third kappa shape index (κ3) is 8.62. The Morgan fingerprint density at radius 3 is 1.07 bits per heavy atom. The van der Waals surface area contributed by atoms with Crippen LogP contribution >= 0.6 is 0 Å². The van der Waals surface area contributed by atoms with Crippen molar-refractivity contribution in [2.45, 2.75) is 120 Å². The minimum absolute atomic E-state index is 0. The second kappa shape index (κ2) is 10.6. The largest absolute Gasteiger partial charge is 0.260 e. The van der Waals surface area contributed by atoms with Gasteiger partial charge in [-0.1, -0.05) is 128 Å². The quantitative estimate of drug-likeness (QED) is 0.419. The molecule has 0 fully saturated rings. The zero-order chi connectivity index (χ0) is 22.0. The molecule has 1 aromatic heterocycles. The Hall–Kier alpha value is -1.63. The first-order valence-corrected chi connectivity index (χ1v) is 10.5. The number of hydrogen-bond donors (Lipinski definition) is 0. The Morgan fingerprint density at radius 2 is 0.800 bits per heavy atom. The van der Waals surface area contributed by atoms with Crippen molar-refractivity contribution >= 4 is 0 Å². The topological polar surface area (TPSA) is 12.9 Å². The van der Waals surface area contributed by atoms with Crippen LogP contribution in [-0.2, 0) is 21.7 Å². The van der Waals surface area contributed by atoms with Crippen LogP contribution in [0.2, 0.25) is 0 Å². The highest BCUT2D eigenvalue weighted by atomic mass is 14.7. The summed E-state index contributed by atoms with van der Waals surface area (Å²) in [5.74, 6) is 0. The monoisotopic (exact) mass is 413 g/mol. The van der Waals surface area contributed by atoms with Gasteiger partial charge in [0.2, 0.25) is 0 Å². The summed E-state index contributed by atoms with van der Waals surface area (Å²) in [5, 5.41) is 0. The third-order valence-corrected chi connectivity index (χ3v) is 4.87. The molecule has 30 heavy (non-hydrogen) atoms. The van der Waals surface area contributed by atoms with Crippen LogP contribution in [0, 0.1) is 0 Å². The van der Waals surface area contributed by atoms with Gasteiger partial charge in [-0.25, -0.2) is 0 Å². The molecule has 0 N–H and O–H groups in total. The van der Waals surface area contributed by atoms with Gasteiger partial charge in [0.1, 0.15) is 0 Å². The van der Waals surface area contributed by atoms with Gasteiger partial charge >= 0.3 is 0 Å². The molecule has 1 nitrogen and oxygen atoms in total. The second-order valence-electron chi connectivity index (χ2n) is 11.9. The Morgan fingerprint density at radius 1 is 0.467 bits per heavy atom. The van der Waals surface area contributed by atoms with Gasteiger partial charge in [0, 0.05) is 17.3 Å². The molecule has 2 rings (SSSR count). The van der Waals surface area contributed by atoms with Gasteiger partial charge in [0.05, 0.1) is 0 Å². The standard InChI is InChI=1S/C14H22.C13H21N.2CH4/c1-13(2,3)11-9-7-8-10-12(11)14(4,5)6;1-12(2,3)10-8-7-9-14-11(10)13(4,5)6;;/h7-10H,1-6H3;7-9H,1-6H3;2*1H4. The number of nitrogens with zero attached hydrogens (tertiary/aromatic N) is 1. The van der Waals surface area contributed by atoms with Gasteiger partial charge in [-0.2, -0.15) is 0 Å². The van der Waals surface area contributed by atoms with Gasteiger partial charge in [-0.05, 0) is 39.0 Å². The van der Waals surface area contributed by atoms with Gasteiger partial charge in [0.15, 0.2) is 0 Å². The Labute approximate surface area is 189 Å². The van der Waals surface area contributed by atoms with Crippen LogP contribution in [0.5, 0.6) is 0 Å². The molecule has 0 aliphatic heterocycles. The van der Waals surface area contributed by atoms with Crippen LogP contribution < -0.4 is 0 Å². The van der Waals surface area contributed by atoms with Crippen molar-refractivity contribution in [2.75, 3.05) is 0 Å². The number of hydrogen-bond acceptors (Lipinski definition) is 1. The van der Waals surface area contributed by atoms with Crippen LogP contribution in [0.25, 0.3) is 0 Å². The lowest BCUT2D eigenvalue weighted by atomic mass is 9.75. The Bertz CT molecular complexity index is 623. The fourth-order valence-corrected chi connectivity index (χ4v) is 3.40. The van der Waals surface area contributed by atoms with Crippen LogP contribution in [0.4, 0.5) is 0 Å². The molecule has 0 amide bonds. The van der Waals surface area contributed by atoms with Crippen molar-refractivity contribution in [1.29, 1.82) is 0 Å². The summed E-state index contributed by atoms with van der Waals surface area (Å²) in [6.07, 6.45) is 1.88. The SMILES string of the molecule is C.C.CC(C)(C)c1ccccc1C(C)(C)C.CC(C)(C)c1cccnc1C(C)(C)C. The van der Waals surface area contributed by atoms with Crippen molar-refractivity contribution in [2.24, 2.45) is 0 Å². The number of benzene rings is 1. The molecule has 0 saturated carbocycles. The number of aromatic nitrogens is 1. The van der Waals surface area contributed by atoms with Crippen molar-refractivity contribution in [3.05, 3.63) is 65.0 Å². The summed E-state index contributed by atoms with van der Waals surface area (Å²) >= 11 is 0. The van der Waals surface area contributed by atoms with Crippen molar-refractivity contribution in [3.8, 4) is 0 Å². The molecule has 0 atom stereocenters. The second-order valence-corrected chi connectivity index (χ2v) is 11.9. The lowest BCUT2D eigenvalue weighted by molar-refractivity contribution is 0.514. The van der Waals surface area contributed by atoms with Crippen LogP contribution in [0.1, 0.15) is 120 Å². The van der Waals surface area contributed by atoms with E-state index in [0.717, 1.165) is 0 Å². The molecule has 0 unspecified atom stereocenters. The van der Waals surface area contributed by atoms with E-state index in [1.807, 2.05) is 12.3 Å². The normalized spacial score (nSPS) is 12.1. The molecule has 0 bridgehead atoms. The fraction of sp³-hybridized carbons (Fsp3) is 0.621. The van der Waals surface area contributed by atoms with Gasteiger partial charge < -0.3 is 0 Å². The summed E-state index contributed by atoms with van der Waals surface area (Å²) in [6, 6.07) is 13.0. The zero-order valence-corrected chi connectivity index (χ0v) is 20.5. The average Bonchev–Trinajstić information content (AvgIpc) is 2.52. The first-order chi connectivity index (χ1) is 12.5. The molecule has 0 saturated heterocycles. The summed E-state index contributed by atoms with van der Waals surface area (Å²) < 4.78 is 0. The highest BCUT2D eigenvalue weighted by Gasteiger charge is 2.26. The van der Waals surface area contributed by atoms with E-state index < -0.39 is 0 Å². The fourth-order valence-electron chi connectivity index (χ4n) is 3.40. The molecule has 2 aromatic rings. The van der Waals surface area contributed by atoms with E-state index in [-0.39, 0.29) is 36.5 Å². The zero-order valence-electron chi connectivity index (χ0n) is 20.5. The van der Waals surface area contributed by atoms with E-state index >= 15 is 0 Å². The van der Waals surface area contributed by atoms with E-state index in [9.17, 15) is 0 Å². The summed E-state index contributed by atoms with van der Waals surface area (Å²) in [7, 11) is 0.